The van der Waals surface area contributed by atoms with E-state index in [0.717, 1.165) is 26.7 Å². The Morgan fingerprint density at radius 3 is 2.25 bits per heavy atom. The van der Waals surface area contributed by atoms with Gasteiger partial charge in [-0.05, 0) is 34.7 Å². The van der Waals surface area contributed by atoms with Gasteiger partial charge in [0, 0.05) is 11.8 Å². The average Bonchev–Trinajstić information content (AvgIpc) is 2.63. The van der Waals surface area contributed by atoms with Crippen LogP contribution in [0.1, 0.15) is 0 Å². The molecule has 0 saturated heterocycles. The summed E-state index contributed by atoms with van der Waals surface area (Å²) in [6.45, 7) is 0. The maximum atomic E-state index is 11.3. The number of nitrogens with zero attached hydrogens (tertiary/aromatic N) is 2. The molecule has 0 radical (unpaired) electrons. The van der Waals surface area contributed by atoms with Crippen molar-refractivity contribution < 1.29 is 8.42 Å². The largest absolute Gasteiger partial charge is 0.224 e. The highest BCUT2D eigenvalue weighted by molar-refractivity contribution is 14.1. The van der Waals surface area contributed by atoms with Crippen molar-refractivity contribution in [2.45, 2.75) is 4.90 Å². The summed E-state index contributed by atoms with van der Waals surface area (Å²) >= 11 is 3.25. The van der Waals surface area contributed by atoms with Crippen molar-refractivity contribution in [3.63, 3.8) is 0 Å². The summed E-state index contributed by atoms with van der Waals surface area (Å²) in [5.41, 5.74) is 1.68. The molecule has 0 amide bonds. The summed E-state index contributed by atoms with van der Waals surface area (Å²) in [4.78, 5) is 0.314. The zero-order chi connectivity index (χ0) is 11.8. The van der Waals surface area contributed by atoms with Gasteiger partial charge < -0.3 is 0 Å². The van der Waals surface area contributed by atoms with Crippen molar-refractivity contribution in [2.24, 2.45) is 0 Å². The predicted octanol–water partition coefficient (Wildman–Crippen LogP) is 2.21. The molecule has 0 unspecified atom stereocenters. The lowest BCUT2D eigenvalue weighted by Crippen LogP contribution is -1.96. The Morgan fingerprint density at radius 2 is 1.81 bits per heavy atom. The molecule has 1 aromatic heterocycles. The topological polar surface area (TPSA) is 59.9 Å². The minimum absolute atomic E-state index is 0.314. The lowest BCUT2D eigenvalue weighted by molar-refractivity contribution is 0.602. The van der Waals surface area contributed by atoms with Gasteiger partial charge in [-0.3, -0.25) is 0 Å². The van der Waals surface area contributed by atoms with Crippen molar-refractivity contribution >= 4 is 44.2 Å². The van der Waals surface area contributed by atoms with E-state index in [0.29, 0.717) is 4.90 Å². The number of benzene rings is 1. The Morgan fingerprint density at radius 1 is 1.19 bits per heavy atom. The third-order valence-electron chi connectivity index (χ3n) is 2.00. The van der Waals surface area contributed by atoms with E-state index in [4.69, 9.17) is 0 Å². The number of hydrogen-bond acceptors (Lipinski definition) is 5. The van der Waals surface area contributed by atoms with Gasteiger partial charge in [0.25, 0.3) is 0 Å². The first-order chi connectivity index (χ1) is 7.48. The number of hydrogen-bond donors (Lipinski definition) is 0. The van der Waals surface area contributed by atoms with E-state index >= 15 is 0 Å². The molecule has 2 aromatic rings. The maximum Gasteiger partial charge on any atom is 0.175 e. The van der Waals surface area contributed by atoms with Crippen LogP contribution >= 0.6 is 34.3 Å². The minimum Gasteiger partial charge on any atom is -0.224 e. The number of rotatable bonds is 2. The minimum atomic E-state index is -3.13. The zero-order valence-corrected chi connectivity index (χ0v) is 12.0. The van der Waals surface area contributed by atoms with Crippen LogP contribution in [0.5, 0.6) is 0 Å². The molecule has 1 heterocycles. The van der Waals surface area contributed by atoms with Gasteiger partial charge in [0.05, 0.1) is 16.6 Å². The van der Waals surface area contributed by atoms with Crippen LogP contribution in [0.4, 0.5) is 0 Å². The average molecular weight is 366 g/mol. The van der Waals surface area contributed by atoms with Crippen molar-refractivity contribution in [1.82, 2.24) is 8.75 Å². The van der Waals surface area contributed by atoms with Crippen LogP contribution in [0, 0.1) is 3.70 Å². The molecule has 4 nitrogen and oxygen atoms in total. The van der Waals surface area contributed by atoms with Crippen LogP contribution in [-0.2, 0) is 9.84 Å². The van der Waals surface area contributed by atoms with Crippen LogP contribution < -0.4 is 0 Å². The number of halogens is 1. The monoisotopic (exact) mass is 366 g/mol. The molecule has 1 aromatic carbocycles. The number of aromatic nitrogens is 2. The van der Waals surface area contributed by atoms with Crippen molar-refractivity contribution in [1.29, 1.82) is 0 Å². The third-order valence-corrected chi connectivity index (χ3v) is 4.74. The summed E-state index contributed by atoms with van der Waals surface area (Å²) in [5.74, 6) is 0. The molecule has 0 spiro atoms. The van der Waals surface area contributed by atoms with Crippen molar-refractivity contribution in [2.75, 3.05) is 6.26 Å². The van der Waals surface area contributed by atoms with Gasteiger partial charge in [-0.25, -0.2) is 8.42 Å². The highest BCUT2D eigenvalue weighted by atomic mass is 127. The van der Waals surface area contributed by atoms with Crippen LogP contribution in [0.3, 0.4) is 0 Å². The fourth-order valence-electron chi connectivity index (χ4n) is 1.21. The summed E-state index contributed by atoms with van der Waals surface area (Å²) in [6, 6.07) is 6.66. The number of sulfone groups is 1. The second-order valence-electron chi connectivity index (χ2n) is 3.20. The second kappa shape index (κ2) is 4.38. The molecule has 0 aliphatic rings. The van der Waals surface area contributed by atoms with Gasteiger partial charge in [-0.15, -0.1) is 0 Å². The lowest BCUT2D eigenvalue weighted by Gasteiger charge is -2.00. The molecule has 0 aliphatic heterocycles. The molecular formula is C9H7IN2O2S2. The lowest BCUT2D eigenvalue weighted by atomic mass is 10.2. The third kappa shape index (κ3) is 2.41. The van der Waals surface area contributed by atoms with Gasteiger partial charge >= 0.3 is 0 Å². The van der Waals surface area contributed by atoms with Gasteiger partial charge in [0.2, 0.25) is 0 Å². The molecular weight excluding hydrogens is 359 g/mol. The predicted molar refractivity (Wildman–Crippen MR) is 71.2 cm³/mol. The molecule has 0 atom stereocenters. The fourth-order valence-corrected chi connectivity index (χ4v) is 3.17. The highest BCUT2D eigenvalue weighted by Gasteiger charge is 2.10. The maximum absolute atomic E-state index is 11.3. The SMILES string of the molecule is CS(=O)(=O)c1ccc(-c2nsnc2I)cc1. The molecule has 7 heteroatoms. The summed E-state index contributed by atoms with van der Waals surface area (Å²) in [6.07, 6.45) is 1.19. The first kappa shape index (κ1) is 11.9. The zero-order valence-electron chi connectivity index (χ0n) is 8.21. The first-order valence-electron chi connectivity index (χ1n) is 4.27. The van der Waals surface area contributed by atoms with E-state index in [1.165, 1.54) is 6.26 Å². The van der Waals surface area contributed by atoms with Gasteiger partial charge in [-0.1, -0.05) is 12.1 Å². The van der Waals surface area contributed by atoms with E-state index in [9.17, 15) is 8.42 Å². The molecule has 0 N–H and O–H groups in total. The van der Waals surface area contributed by atoms with Gasteiger partial charge in [0.1, 0.15) is 9.39 Å². The molecule has 84 valence electrons. The fraction of sp³-hybridized carbons (Fsp3) is 0.111. The van der Waals surface area contributed by atoms with Crippen LogP contribution in [-0.4, -0.2) is 23.4 Å². The quantitative estimate of drug-likeness (QED) is 0.765. The standard InChI is InChI=1S/C9H7IN2O2S2/c1-16(13,14)7-4-2-6(3-5-7)8-9(10)12-15-11-8/h2-5H,1H3. The molecule has 0 fully saturated rings. The Kier molecular flexibility index (Phi) is 3.27. The van der Waals surface area contributed by atoms with E-state index in [1.807, 2.05) is 0 Å². The Bertz CT molecular complexity index is 605. The van der Waals surface area contributed by atoms with Crippen molar-refractivity contribution in [3.05, 3.63) is 28.0 Å². The van der Waals surface area contributed by atoms with Crippen molar-refractivity contribution in [3.8, 4) is 11.3 Å². The Labute approximate surface area is 111 Å². The molecule has 16 heavy (non-hydrogen) atoms. The van der Waals surface area contributed by atoms with E-state index < -0.39 is 9.84 Å². The summed E-state index contributed by atoms with van der Waals surface area (Å²) in [5, 5.41) is 0. The van der Waals surface area contributed by atoms with Crippen LogP contribution in [0.2, 0.25) is 0 Å². The Hall–Kier alpha value is -0.540. The van der Waals surface area contributed by atoms with E-state index in [2.05, 4.69) is 31.3 Å². The molecule has 0 bridgehead atoms. The summed E-state index contributed by atoms with van der Waals surface area (Å²) in [7, 11) is -3.13. The molecule has 2 rings (SSSR count). The van der Waals surface area contributed by atoms with E-state index in [-0.39, 0.29) is 0 Å². The first-order valence-corrected chi connectivity index (χ1v) is 7.97. The van der Waals surface area contributed by atoms with Crippen LogP contribution in [0.25, 0.3) is 11.3 Å². The van der Waals surface area contributed by atoms with Gasteiger partial charge in [-0.2, -0.15) is 8.75 Å². The molecule has 0 saturated carbocycles. The smallest absolute Gasteiger partial charge is 0.175 e. The van der Waals surface area contributed by atoms with Gasteiger partial charge in [0.15, 0.2) is 9.84 Å². The normalized spacial score (nSPS) is 11.6. The van der Waals surface area contributed by atoms with E-state index in [1.54, 1.807) is 24.3 Å². The second-order valence-corrected chi connectivity index (χ2v) is 6.77. The molecule has 0 aliphatic carbocycles. The summed E-state index contributed by atoms with van der Waals surface area (Å²) < 4.78 is 31.6. The van der Waals surface area contributed by atoms with Crippen LogP contribution in [0.15, 0.2) is 29.2 Å². The Balaban J connectivity index is 2.45. The highest BCUT2D eigenvalue weighted by Crippen LogP contribution is 2.24.